The summed E-state index contributed by atoms with van der Waals surface area (Å²) in [6, 6.07) is 12.4. The van der Waals surface area contributed by atoms with E-state index in [-0.39, 0.29) is 13.2 Å². The summed E-state index contributed by atoms with van der Waals surface area (Å²) >= 11 is 0. The van der Waals surface area contributed by atoms with Crippen molar-refractivity contribution >= 4 is 10.9 Å². The molecule has 2 aromatic carbocycles. The number of rotatable bonds is 5. The molecule has 24 heavy (non-hydrogen) atoms. The lowest BCUT2D eigenvalue weighted by molar-refractivity contribution is 0.287. The zero-order chi connectivity index (χ0) is 17.1. The average molecular weight is 327 g/mol. The van der Waals surface area contributed by atoms with Gasteiger partial charge in [-0.1, -0.05) is 12.1 Å². The summed E-state index contributed by atoms with van der Waals surface area (Å²) in [6.45, 7) is 2.39. The number of ether oxygens (including phenoxy) is 2. The lowest BCUT2D eigenvalue weighted by atomic mass is 10.1. The van der Waals surface area contributed by atoms with Crippen LogP contribution in [0.15, 0.2) is 56.5 Å². The van der Waals surface area contributed by atoms with E-state index < -0.39 is 11.4 Å². The fourth-order valence-electron chi connectivity index (χ4n) is 2.59. The molecule has 0 saturated carbocycles. The Bertz CT molecular complexity index is 969. The molecule has 1 heterocycles. The monoisotopic (exact) mass is 327 g/mol. The first kappa shape index (κ1) is 15.9. The van der Waals surface area contributed by atoms with Crippen molar-refractivity contribution in [2.24, 2.45) is 0 Å². The van der Waals surface area contributed by atoms with Crippen LogP contribution in [0.5, 0.6) is 11.5 Å². The summed E-state index contributed by atoms with van der Waals surface area (Å²) in [7, 11) is 1.60. The van der Waals surface area contributed by atoms with Crippen molar-refractivity contribution < 1.29 is 13.9 Å². The molecule has 0 atom stereocenters. The standard InChI is InChI=1S/C18H17NO5/c1-12-4-3-5-15-16(12)19(18(21)24-17(15)20)10-11-23-14-8-6-13(22-2)7-9-14/h3-9H,10-11H2,1-2H3. The molecule has 0 aliphatic heterocycles. The molecule has 3 rings (SSSR count). The summed E-state index contributed by atoms with van der Waals surface area (Å²) in [5, 5.41) is 0.388. The van der Waals surface area contributed by atoms with Crippen LogP contribution in [0.4, 0.5) is 0 Å². The van der Waals surface area contributed by atoms with Gasteiger partial charge >= 0.3 is 11.4 Å². The summed E-state index contributed by atoms with van der Waals surface area (Å²) < 4.78 is 17.0. The second kappa shape index (κ2) is 6.62. The van der Waals surface area contributed by atoms with Crippen LogP contribution in [-0.2, 0) is 6.54 Å². The van der Waals surface area contributed by atoms with Gasteiger partial charge in [-0.3, -0.25) is 4.57 Å². The highest BCUT2D eigenvalue weighted by atomic mass is 16.5. The first-order valence-corrected chi connectivity index (χ1v) is 7.50. The maximum atomic E-state index is 12.1. The van der Waals surface area contributed by atoms with Crippen LogP contribution in [0.1, 0.15) is 5.56 Å². The maximum absolute atomic E-state index is 12.1. The first-order chi connectivity index (χ1) is 11.6. The SMILES string of the molecule is COc1ccc(OCCn2c(=O)oc(=O)c3cccc(C)c32)cc1. The second-order valence-corrected chi connectivity index (χ2v) is 5.30. The molecule has 0 aliphatic rings. The number of benzene rings is 2. The predicted octanol–water partition coefficient (Wildman–Crippen LogP) is 2.35. The van der Waals surface area contributed by atoms with E-state index in [1.165, 1.54) is 4.57 Å². The molecule has 0 unspecified atom stereocenters. The molecule has 0 N–H and O–H groups in total. The van der Waals surface area contributed by atoms with Gasteiger partial charge in [0.25, 0.3) is 0 Å². The molecule has 6 heteroatoms. The van der Waals surface area contributed by atoms with Crippen molar-refractivity contribution in [2.75, 3.05) is 13.7 Å². The van der Waals surface area contributed by atoms with Crippen LogP contribution in [-0.4, -0.2) is 18.3 Å². The Kier molecular flexibility index (Phi) is 4.37. The first-order valence-electron chi connectivity index (χ1n) is 7.50. The van der Waals surface area contributed by atoms with E-state index in [0.29, 0.717) is 16.7 Å². The van der Waals surface area contributed by atoms with Crippen LogP contribution < -0.4 is 20.9 Å². The van der Waals surface area contributed by atoms with E-state index in [1.54, 1.807) is 43.5 Å². The summed E-state index contributed by atoms with van der Waals surface area (Å²) in [6.07, 6.45) is 0. The van der Waals surface area contributed by atoms with Gasteiger partial charge in [0.2, 0.25) is 0 Å². The summed E-state index contributed by atoms with van der Waals surface area (Å²) in [5.74, 6) is 0.729. The van der Waals surface area contributed by atoms with Crippen LogP contribution in [0.25, 0.3) is 10.9 Å². The van der Waals surface area contributed by atoms with Gasteiger partial charge < -0.3 is 13.9 Å². The van der Waals surface area contributed by atoms with Gasteiger partial charge in [-0.2, -0.15) is 0 Å². The molecular weight excluding hydrogens is 310 g/mol. The van der Waals surface area contributed by atoms with Gasteiger partial charge in [0, 0.05) is 0 Å². The molecule has 0 spiro atoms. The Balaban J connectivity index is 1.85. The minimum atomic E-state index is -0.680. The molecule has 0 amide bonds. The van der Waals surface area contributed by atoms with Crippen molar-refractivity contribution in [3.8, 4) is 11.5 Å². The Hall–Kier alpha value is -3.02. The number of hydrogen-bond donors (Lipinski definition) is 0. The zero-order valence-electron chi connectivity index (χ0n) is 13.4. The quantitative estimate of drug-likeness (QED) is 0.719. The van der Waals surface area contributed by atoms with E-state index in [4.69, 9.17) is 13.9 Å². The van der Waals surface area contributed by atoms with Crippen LogP contribution in [0.2, 0.25) is 0 Å². The van der Waals surface area contributed by atoms with E-state index >= 15 is 0 Å². The number of para-hydroxylation sites is 1. The molecule has 0 bridgehead atoms. The van der Waals surface area contributed by atoms with Gasteiger partial charge in [0.05, 0.1) is 24.6 Å². The predicted molar refractivity (Wildman–Crippen MR) is 90.0 cm³/mol. The fraction of sp³-hybridized carbons (Fsp3) is 0.222. The van der Waals surface area contributed by atoms with Crippen LogP contribution in [0, 0.1) is 6.92 Å². The minimum absolute atomic E-state index is 0.267. The van der Waals surface area contributed by atoms with Gasteiger partial charge in [-0.25, -0.2) is 9.59 Å². The highest BCUT2D eigenvalue weighted by molar-refractivity contribution is 5.80. The van der Waals surface area contributed by atoms with Gasteiger partial charge in [-0.05, 0) is 42.8 Å². The van der Waals surface area contributed by atoms with Gasteiger partial charge in [0.1, 0.15) is 18.1 Å². The third kappa shape index (κ3) is 3.03. The molecule has 1 aromatic heterocycles. The van der Waals surface area contributed by atoms with Crippen LogP contribution in [0.3, 0.4) is 0 Å². The van der Waals surface area contributed by atoms with E-state index in [9.17, 15) is 9.59 Å². The third-order valence-corrected chi connectivity index (χ3v) is 3.77. The van der Waals surface area contributed by atoms with E-state index in [1.807, 2.05) is 13.0 Å². The topological polar surface area (TPSA) is 70.7 Å². The minimum Gasteiger partial charge on any atom is -0.497 e. The van der Waals surface area contributed by atoms with E-state index in [0.717, 1.165) is 11.3 Å². The third-order valence-electron chi connectivity index (χ3n) is 3.77. The van der Waals surface area contributed by atoms with Crippen LogP contribution >= 0.6 is 0 Å². The van der Waals surface area contributed by atoms with Crippen molar-refractivity contribution in [3.63, 3.8) is 0 Å². The normalized spacial score (nSPS) is 10.8. The Morgan fingerprint density at radius 3 is 2.46 bits per heavy atom. The molecule has 0 radical (unpaired) electrons. The number of aryl methyl sites for hydroxylation is 1. The number of aromatic nitrogens is 1. The molecule has 0 fully saturated rings. The molecule has 124 valence electrons. The van der Waals surface area contributed by atoms with Crippen molar-refractivity contribution in [1.82, 2.24) is 4.57 Å². The maximum Gasteiger partial charge on any atom is 0.422 e. The zero-order valence-corrected chi connectivity index (χ0v) is 13.4. The number of methoxy groups -OCH3 is 1. The summed E-state index contributed by atoms with van der Waals surface area (Å²) in [4.78, 5) is 23.9. The van der Waals surface area contributed by atoms with Crippen molar-refractivity contribution in [2.45, 2.75) is 13.5 Å². The number of fused-ring (bicyclic) bond motifs is 1. The van der Waals surface area contributed by atoms with Crippen molar-refractivity contribution in [3.05, 3.63) is 69.0 Å². The van der Waals surface area contributed by atoms with Gasteiger partial charge in [-0.15, -0.1) is 0 Å². The highest BCUT2D eigenvalue weighted by Gasteiger charge is 2.11. The molecular formula is C18H17NO5. The highest BCUT2D eigenvalue weighted by Crippen LogP contribution is 2.17. The van der Waals surface area contributed by atoms with Gasteiger partial charge in [0.15, 0.2) is 0 Å². The molecule has 6 nitrogen and oxygen atoms in total. The number of nitrogens with zero attached hydrogens (tertiary/aromatic N) is 1. The lowest BCUT2D eigenvalue weighted by Gasteiger charge is -2.11. The smallest absolute Gasteiger partial charge is 0.422 e. The van der Waals surface area contributed by atoms with E-state index in [2.05, 4.69) is 0 Å². The largest absolute Gasteiger partial charge is 0.497 e. The Morgan fingerprint density at radius 2 is 1.75 bits per heavy atom. The average Bonchev–Trinajstić information content (AvgIpc) is 2.58. The van der Waals surface area contributed by atoms with Crippen molar-refractivity contribution in [1.29, 1.82) is 0 Å². The Labute approximate surface area is 137 Å². The summed E-state index contributed by atoms with van der Waals surface area (Å²) in [5.41, 5.74) is 0.796. The molecule has 0 saturated heterocycles. The number of hydrogen-bond acceptors (Lipinski definition) is 5. The fourth-order valence-corrected chi connectivity index (χ4v) is 2.59. The second-order valence-electron chi connectivity index (χ2n) is 5.30. The molecule has 0 aliphatic carbocycles. The lowest BCUT2D eigenvalue weighted by Crippen LogP contribution is -2.27. The Morgan fingerprint density at radius 1 is 1.04 bits per heavy atom. The molecule has 3 aromatic rings.